The number of ether oxygens (including phenoxy) is 1. The maximum Gasteiger partial charge on any atom is 0.254 e. The lowest BCUT2D eigenvalue weighted by Gasteiger charge is -2.37. The molecule has 2 aliphatic heterocycles. The Kier molecular flexibility index (Phi) is 5.90. The van der Waals surface area contributed by atoms with Crippen LogP contribution in [0, 0.1) is 12.7 Å². The highest BCUT2D eigenvalue weighted by Gasteiger charge is 2.38. The lowest BCUT2D eigenvalue weighted by Crippen LogP contribution is -2.44. The summed E-state index contributed by atoms with van der Waals surface area (Å²) in [5, 5.41) is 0.676. The number of methoxy groups -OCH3 is 1. The van der Waals surface area contributed by atoms with Gasteiger partial charge >= 0.3 is 0 Å². The minimum Gasteiger partial charge on any atom is -0.381 e. The van der Waals surface area contributed by atoms with Gasteiger partial charge in [-0.1, -0.05) is 0 Å². The van der Waals surface area contributed by atoms with Crippen molar-refractivity contribution in [2.75, 3.05) is 25.1 Å². The standard InChI is InChI=1S/C23H25FN6O3S/c1-13-19-20(29-9-8-17(33-3)12-18(29)31)26-21(22-25-14(2)27-34-22)30(19)11-10-28(13)23(32)15-4-6-16(24)7-5-15/h4-7,13,17H,8-12H2,1-3H3. The fourth-order valence-electron chi connectivity index (χ4n) is 4.66. The molecule has 5 rings (SSSR count). The molecule has 11 heteroatoms. The summed E-state index contributed by atoms with van der Waals surface area (Å²) < 4.78 is 25.1. The van der Waals surface area contributed by atoms with Crippen LogP contribution in [0.3, 0.4) is 0 Å². The third-order valence-corrected chi connectivity index (χ3v) is 7.26. The first-order valence-corrected chi connectivity index (χ1v) is 12.0. The quantitative estimate of drug-likeness (QED) is 0.565. The normalized spacial score (nSPS) is 20.5. The molecular formula is C23H25FN6O3S. The van der Waals surface area contributed by atoms with Crippen LogP contribution in [0.25, 0.3) is 10.8 Å². The first-order valence-electron chi connectivity index (χ1n) is 11.2. The Balaban J connectivity index is 1.56. The summed E-state index contributed by atoms with van der Waals surface area (Å²) >= 11 is 1.26. The smallest absolute Gasteiger partial charge is 0.254 e. The molecule has 2 amide bonds. The van der Waals surface area contributed by atoms with E-state index in [-0.39, 0.29) is 30.4 Å². The molecule has 0 radical (unpaired) electrons. The van der Waals surface area contributed by atoms with Gasteiger partial charge in [0.2, 0.25) is 5.91 Å². The third-order valence-electron chi connectivity index (χ3n) is 6.45. The van der Waals surface area contributed by atoms with Crippen molar-refractivity contribution in [3.05, 3.63) is 47.2 Å². The summed E-state index contributed by atoms with van der Waals surface area (Å²) in [5.41, 5.74) is 1.20. The number of anilines is 1. The van der Waals surface area contributed by atoms with Crippen molar-refractivity contribution in [2.24, 2.45) is 0 Å². The Morgan fingerprint density at radius 2 is 1.94 bits per heavy atom. The molecule has 1 aromatic carbocycles. The van der Waals surface area contributed by atoms with Crippen LogP contribution in [-0.2, 0) is 16.1 Å². The lowest BCUT2D eigenvalue weighted by molar-refractivity contribution is -0.122. The number of hydrogen-bond donors (Lipinski definition) is 0. The molecule has 2 aromatic heterocycles. The van der Waals surface area contributed by atoms with E-state index in [2.05, 4.69) is 9.36 Å². The average Bonchev–Trinajstić information content (AvgIpc) is 3.43. The van der Waals surface area contributed by atoms with E-state index >= 15 is 0 Å². The number of fused-ring (bicyclic) bond motifs is 1. The molecule has 4 heterocycles. The molecule has 1 fully saturated rings. The monoisotopic (exact) mass is 484 g/mol. The van der Waals surface area contributed by atoms with Crippen molar-refractivity contribution >= 4 is 29.2 Å². The van der Waals surface area contributed by atoms with Gasteiger partial charge in [0.15, 0.2) is 16.6 Å². The SMILES string of the molecule is COC1CCN(c2nc(-c3nc(C)ns3)n3c2C(C)N(C(=O)c2ccc(F)cc2)CC3)C(=O)C1. The summed E-state index contributed by atoms with van der Waals surface area (Å²) in [4.78, 5) is 39.2. The molecule has 2 atom stereocenters. The van der Waals surface area contributed by atoms with Crippen molar-refractivity contribution in [2.45, 2.75) is 45.4 Å². The van der Waals surface area contributed by atoms with Crippen molar-refractivity contribution in [3.8, 4) is 10.8 Å². The molecule has 0 bridgehead atoms. The second-order valence-corrected chi connectivity index (χ2v) is 9.27. The fourth-order valence-corrected chi connectivity index (χ4v) is 5.33. The molecule has 0 N–H and O–H groups in total. The minimum atomic E-state index is -0.390. The molecule has 1 saturated heterocycles. The van der Waals surface area contributed by atoms with Crippen molar-refractivity contribution in [1.82, 2.24) is 23.8 Å². The largest absolute Gasteiger partial charge is 0.381 e. The second-order valence-electron chi connectivity index (χ2n) is 8.52. The van der Waals surface area contributed by atoms with Gasteiger partial charge in [0.25, 0.3) is 5.91 Å². The van der Waals surface area contributed by atoms with E-state index in [0.29, 0.717) is 54.1 Å². The van der Waals surface area contributed by atoms with Crippen LogP contribution in [0.15, 0.2) is 24.3 Å². The van der Waals surface area contributed by atoms with E-state index in [0.717, 1.165) is 5.69 Å². The van der Waals surface area contributed by atoms with Crippen molar-refractivity contribution in [1.29, 1.82) is 0 Å². The summed E-state index contributed by atoms with van der Waals surface area (Å²) in [6, 6.07) is 5.19. The van der Waals surface area contributed by atoms with Gasteiger partial charge in [-0.25, -0.2) is 14.4 Å². The number of benzene rings is 1. The maximum atomic E-state index is 13.4. The Morgan fingerprint density at radius 3 is 2.59 bits per heavy atom. The highest BCUT2D eigenvalue weighted by atomic mass is 32.1. The van der Waals surface area contributed by atoms with Gasteiger partial charge < -0.3 is 14.2 Å². The van der Waals surface area contributed by atoms with Crippen molar-refractivity contribution < 1.29 is 18.7 Å². The highest BCUT2D eigenvalue weighted by Crippen LogP contribution is 2.39. The zero-order valence-corrected chi connectivity index (χ0v) is 20.0. The summed E-state index contributed by atoms with van der Waals surface area (Å²) in [6.45, 7) is 5.18. The number of piperidine rings is 1. The van der Waals surface area contributed by atoms with Gasteiger partial charge in [-0.15, -0.1) is 0 Å². The average molecular weight is 485 g/mol. The molecule has 3 aromatic rings. The number of carbonyl (C=O) groups is 2. The predicted octanol–water partition coefficient (Wildman–Crippen LogP) is 3.21. The van der Waals surface area contributed by atoms with E-state index < -0.39 is 5.82 Å². The van der Waals surface area contributed by atoms with E-state index in [9.17, 15) is 14.0 Å². The minimum absolute atomic E-state index is 0.0619. The van der Waals surface area contributed by atoms with Crippen molar-refractivity contribution in [3.63, 3.8) is 0 Å². The summed E-state index contributed by atoms with van der Waals surface area (Å²) in [7, 11) is 1.61. The van der Waals surface area contributed by atoms with E-state index in [1.165, 1.54) is 35.8 Å². The number of hydrogen-bond acceptors (Lipinski definition) is 7. The van der Waals surface area contributed by atoms with Crippen LogP contribution in [0.2, 0.25) is 0 Å². The molecule has 34 heavy (non-hydrogen) atoms. The first-order chi connectivity index (χ1) is 16.4. The molecule has 0 saturated carbocycles. The number of carbonyl (C=O) groups excluding carboxylic acids is 2. The second kappa shape index (κ2) is 8.88. The zero-order valence-electron chi connectivity index (χ0n) is 19.2. The number of imidazole rings is 1. The van der Waals surface area contributed by atoms with Crippen LogP contribution in [0.5, 0.6) is 0 Å². The summed E-state index contributed by atoms with van der Waals surface area (Å²) in [5.74, 6) is 1.22. The Bertz CT molecular complexity index is 1240. The molecule has 0 spiro atoms. The zero-order chi connectivity index (χ0) is 24.0. The molecule has 178 valence electrons. The summed E-state index contributed by atoms with van der Waals surface area (Å²) in [6.07, 6.45) is 0.873. The number of rotatable bonds is 4. The van der Waals surface area contributed by atoms with Gasteiger partial charge in [0.1, 0.15) is 11.6 Å². The lowest BCUT2D eigenvalue weighted by atomic mass is 10.0. The topological polar surface area (TPSA) is 93.4 Å². The van der Waals surface area contributed by atoms with Gasteiger partial charge in [-0.3, -0.25) is 14.5 Å². The van der Waals surface area contributed by atoms with Crippen LogP contribution < -0.4 is 4.90 Å². The number of amides is 2. The molecule has 0 aliphatic carbocycles. The molecule has 9 nitrogen and oxygen atoms in total. The Morgan fingerprint density at radius 1 is 1.18 bits per heavy atom. The third kappa shape index (κ3) is 3.88. The number of halogens is 1. The molecule has 2 aliphatic rings. The van der Waals surface area contributed by atoms with E-state index in [1.54, 1.807) is 16.9 Å². The van der Waals surface area contributed by atoms with Crippen LogP contribution in [0.4, 0.5) is 10.2 Å². The fraction of sp³-hybridized carbons (Fsp3) is 0.435. The van der Waals surface area contributed by atoms with Gasteiger partial charge in [0.05, 0.1) is 24.3 Å². The maximum absolute atomic E-state index is 13.4. The van der Waals surface area contributed by atoms with Gasteiger partial charge in [0, 0.05) is 32.3 Å². The van der Waals surface area contributed by atoms with Crippen LogP contribution in [0.1, 0.15) is 47.7 Å². The van der Waals surface area contributed by atoms with Gasteiger partial charge in [-0.2, -0.15) is 4.37 Å². The molecule has 2 unspecified atom stereocenters. The Labute approximate surface area is 200 Å². The number of aromatic nitrogens is 4. The molecular weight excluding hydrogens is 459 g/mol. The highest BCUT2D eigenvalue weighted by molar-refractivity contribution is 7.09. The van der Waals surface area contributed by atoms with E-state index in [4.69, 9.17) is 9.72 Å². The van der Waals surface area contributed by atoms with E-state index in [1.807, 2.05) is 18.4 Å². The van der Waals surface area contributed by atoms with Crippen LogP contribution >= 0.6 is 11.5 Å². The first kappa shape index (κ1) is 22.6. The number of nitrogens with zero attached hydrogens (tertiary/aromatic N) is 6. The Hall–Kier alpha value is -3.18. The predicted molar refractivity (Wildman–Crippen MR) is 124 cm³/mol. The van der Waals surface area contributed by atoms with Gasteiger partial charge in [-0.05, 0) is 56.1 Å². The number of aryl methyl sites for hydroxylation is 1. The van der Waals surface area contributed by atoms with Crippen LogP contribution in [-0.4, -0.2) is 61.9 Å².